The normalized spacial score (nSPS) is 10.8. The monoisotopic (exact) mass is 464 g/mol. The smallest absolute Gasteiger partial charge is 0.273 e. The molecule has 0 saturated heterocycles. The van der Waals surface area contributed by atoms with Crippen LogP contribution in [-0.4, -0.2) is 28.0 Å². The van der Waals surface area contributed by atoms with Crippen LogP contribution in [0.5, 0.6) is 5.75 Å². The third-order valence-corrected chi connectivity index (χ3v) is 5.69. The van der Waals surface area contributed by atoms with E-state index in [-0.39, 0.29) is 18.1 Å². The largest absolute Gasteiger partial charge is 0.497 e. The van der Waals surface area contributed by atoms with Crippen LogP contribution in [0.15, 0.2) is 95.6 Å². The average Bonchev–Trinajstić information content (AvgIpc) is 3.57. The first-order chi connectivity index (χ1) is 17.1. The summed E-state index contributed by atoms with van der Waals surface area (Å²) in [5.74, 6) is 0.993. The fourth-order valence-electron chi connectivity index (χ4n) is 3.75. The van der Waals surface area contributed by atoms with Gasteiger partial charge in [-0.05, 0) is 43.3 Å². The SMILES string of the molecule is COc1ccc(-c2nn(-c3ccccc3)cc2CNC(=O)c2cc(-c3ccc(C)cc3)on2)cc1. The summed E-state index contributed by atoms with van der Waals surface area (Å²) in [4.78, 5) is 12.8. The zero-order valence-electron chi connectivity index (χ0n) is 19.4. The van der Waals surface area contributed by atoms with Gasteiger partial charge in [-0.1, -0.05) is 53.2 Å². The van der Waals surface area contributed by atoms with Crippen LogP contribution in [0.2, 0.25) is 0 Å². The molecule has 2 aromatic heterocycles. The molecular formula is C28H24N4O3. The van der Waals surface area contributed by atoms with Gasteiger partial charge in [0.05, 0.1) is 18.5 Å². The fourth-order valence-corrected chi connectivity index (χ4v) is 3.75. The molecule has 0 unspecified atom stereocenters. The van der Waals surface area contributed by atoms with Gasteiger partial charge in [0.25, 0.3) is 5.91 Å². The van der Waals surface area contributed by atoms with Crippen LogP contribution in [0.4, 0.5) is 0 Å². The Labute approximate surface area is 203 Å². The number of carbonyl (C=O) groups excluding carboxylic acids is 1. The number of nitrogens with one attached hydrogen (secondary N) is 1. The Morgan fingerprint density at radius 3 is 2.40 bits per heavy atom. The fraction of sp³-hybridized carbons (Fsp3) is 0.107. The number of ether oxygens (including phenoxy) is 1. The molecule has 0 aliphatic heterocycles. The van der Waals surface area contributed by atoms with Crippen molar-refractivity contribution in [3.63, 3.8) is 0 Å². The maximum Gasteiger partial charge on any atom is 0.273 e. The van der Waals surface area contributed by atoms with E-state index in [1.165, 1.54) is 0 Å². The Hall–Kier alpha value is -4.65. The standard InChI is InChI=1S/C28H24N4O3/c1-19-8-10-20(11-9-19)26-16-25(31-35-26)28(33)29-17-22-18-32(23-6-4-3-5-7-23)30-27(22)21-12-14-24(34-2)15-13-21/h3-16,18H,17H2,1-2H3,(H,29,33). The van der Waals surface area contributed by atoms with Gasteiger partial charge in [0.1, 0.15) is 5.75 Å². The van der Waals surface area contributed by atoms with Crippen molar-refractivity contribution in [1.82, 2.24) is 20.3 Å². The molecule has 0 aliphatic carbocycles. The van der Waals surface area contributed by atoms with E-state index in [4.69, 9.17) is 14.4 Å². The number of carbonyl (C=O) groups is 1. The van der Waals surface area contributed by atoms with Gasteiger partial charge in [-0.2, -0.15) is 5.10 Å². The lowest BCUT2D eigenvalue weighted by atomic mass is 10.1. The Balaban J connectivity index is 1.38. The van der Waals surface area contributed by atoms with Crippen LogP contribution >= 0.6 is 0 Å². The van der Waals surface area contributed by atoms with Crippen molar-refractivity contribution in [3.8, 4) is 34.0 Å². The second-order valence-electron chi connectivity index (χ2n) is 8.14. The molecule has 0 saturated carbocycles. The third-order valence-electron chi connectivity index (χ3n) is 5.69. The predicted molar refractivity (Wildman–Crippen MR) is 133 cm³/mol. The minimum absolute atomic E-state index is 0.224. The van der Waals surface area contributed by atoms with Crippen LogP contribution in [0.1, 0.15) is 21.6 Å². The van der Waals surface area contributed by atoms with Crippen molar-refractivity contribution in [2.24, 2.45) is 0 Å². The van der Waals surface area contributed by atoms with Gasteiger partial charge >= 0.3 is 0 Å². The lowest BCUT2D eigenvalue weighted by molar-refractivity contribution is 0.0942. The first-order valence-corrected chi connectivity index (χ1v) is 11.2. The predicted octanol–water partition coefficient (Wildman–Crippen LogP) is 5.44. The molecule has 1 N–H and O–H groups in total. The highest BCUT2D eigenvalue weighted by molar-refractivity contribution is 5.93. The van der Waals surface area contributed by atoms with Crippen LogP contribution in [0, 0.1) is 6.92 Å². The number of rotatable bonds is 7. The topological polar surface area (TPSA) is 82.2 Å². The molecule has 7 heteroatoms. The number of hydrogen-bond acceptors (Lipinski definition) is 5. The van der Waals surface area contributed by atoms with E-state index in [0.717, 1.165) is 39.4 Å². The molecule has 5 rings (SSSR count). The van der Waals surface area contributed by atoms with Crippen LogP contribution in [0.3, 0.4) is 0 Å². The molecular weight excluding hydrogens is 440 g/mol. The summed E-state index contributed by atoms with van der Waals surface area (Å²) in [5.41, 5.74) is 5.74. The van der Waals surface area contributed by atoms with E-state index in [0.29, 0.717) is 5.76 Å². The summed E-state index contributed by atoms with van der Waals surface area (Å²) >= 11 is 0. The number of nitrogens with zero attached hydrogens (tertiary/aromatic N) is 3. The number of aryl methyl sites for hydroxylation is 1. The van der Waals surface area contributed by atoms with Gasteiger partial charge in [-0.3, -0.25) is 4.79 Å². The first kappa shape index (κ1) is 22.2. The van der Waals surface area contributed by atoms with Crippen molar-refractivity contribution in [1.29, 1.82) is 0 Å². The highest BCUT2D eigenvalue weighted by Crippen LogP contribution is 2.26. The average molecular weight is 465 g/mol. The van der Waals surface area contributed by atoms with Crippen molar-refractivity contribution in [2.75, 3.05) is 7.11 Å². The van der Waals surface area contributed by atoms with E-state index >= 15 is 0 Å². The molecule has 3 aromatic carbocycles. The molecule has 35 heavy (non-hydrogen) atoms. The quantitative estimate of drug-likeness (QED) is 0.347. The summed E-state index contributed by atoms with van der Waals surface area (Å²) in [6.07, 6.45) is 1.93. The van der Waals surface area contributed by atoms with Crippen molar-refractivity contribution in [2.45, 2.75) is 13.5 Å². The van der Waals surface area contributed by atoms with Crippen LogP contribution in [0.25, 0.3) is 28.3 Å². The molecule has 0 radical (unpaired) electrons. The highest BCUT2D eigenvalue weighted by atomic mass is 16.5. The van der Waals surface area contributed by atoms with E-state index < -0.39 is 0 Å². The summed E-state index contributed by atoms with van der Waals surface area (Å²) in [6, 6.07) is 27.0. The number of aromatic nitrogens is 3. The number of methoxy groups -OCH3 is 1. The van der Waals surface area contributed by atoms with Gasteiger partial charge < -0.3 is 14.6 Å². The Bertz CT molecular complexity index is 1440. The lowest BCUT2D eigenvalue weighted by Crippen LogP contribution is -2.23. The molecule has 5 aromatic rings. The first-order valence-electron chi connectivity index (χ1n) is 11.2. The molecule has 0 aliphatic rings. The number of hydrogen-bond donors (Lipinski definition) is 1. The van der Waals surface area contributed by atoms with Crippen molar-refractivity contribution < 1.29 is 14.1 Å². The minimum Gasteiger partial charge on any atom is -0.497 e. The summed E-state index contributed by atoms with van der Waals surface area (Å²) in [7, 11) is 1.63. The highest BCUT2D eigenvalue weighted by Gasteiger charge is 2.17. The maximum atomic E-state index is 12.8. The maximum absolute atomic E-state index is 12.8. The van der Waals surface area contributed by atoms with Gasteiger partial charge in [0, 0.05) is 35.5 Å². The Morgan fingerprint density at radius 2 is 1.69 bits per heavy atom. The molecule has 174 valence electrons. The van der Waals surface area contributed by atoms with Gasteiger partial charge in [0.2, 0.25) is 0 Å². The number of amides is 1. The molecule has 0 atom stereocenters. The summed E-state index contributed by atoms with van der Waals surface area (Å²) in [5, 5.41) is 11.7. The van der Waals surface area contributed by atoms with Gasteiger partial charge in [0.15, 0.2) is 11.5 Å². The number of benzene rings is 3. The second kappa shape index (κ2) is 9.69. The zero-order chi connectivity index (χ0) is 24.2. The van der Waals surface area contributed by atoms with E-state index in [1.807, 2.05) is 96.7 Å². The van der Waals surface area contributed by atoms with Crippen LogP contribution in [-0.2, 0) is 6.54 Å². The summed E-state index contributed by atoms with van der Waals surface area (Å²) < 4.78 is 12.5. The molecule has 0 spiro atoms. The van der Waals surface area contributed by atoms with Crippen LogP contribution < -0.4 is 10.1 Å². The minimum atomic E-state index is -0.319. The van der Waals surface area contributed by atoms with Crippen molar-refractivity contribution >= 4 is 5.91 Å². The Kier molecular flexibility index (Phi) is 6.13. The molecule has 7 nitrogen and oxygen atoms in total. The lowest BCUT2D eigenvalue weighted by Gasteiger charge is -2.05. The number of para-hydroxylation sites is 1. The van der Waals surface area contributed by atoms with Gasteiger partial charge in [-0.15, -0.1) is 0 Å². The van der Waals surface area contributed by atoms with E-state index in [1.54, 1.807) is 13.2 Å². The van der Waals surface area contributed by atoms with E-state index in [2.05, 4.69) is 10.5 Å². The van der Waals surface area contributed by atoms with Crippen molar-refractivity contribution in [3.05, 3.63) is 108 Å². The zero-order valence-corrected chi connectivity index (χ0v) is 19.4. The molecule has 2 heterocycles. The Morgan fingerprint density at radius 1 is 0.971 bits per heavy atom. The van der Waals surface area contributed by atoms with E-state index in [9.17, 15) is 4.79 Å². The second-order valence-corrected chi connectivity index (χ2v) is 8.14. The summed E-state index contributed by atoms with van der Waals surface area (Å²) in [6.45, 7) is 2.29. The third kappa shape index (κ3) is 4.84. The van der Waals surface area contributed by atoms with Gasteiger partial charge in [-0.25, -0.2) is 4.68 Å². The molecule has 0 fully saturated rings. The molecule has 1 amide bonds. The molecule has 0 bridgehead atoms.